The number of aromatic nitrogens is 2. The number of ketones is 1. The summed E-state index contributed by atoms with van der Waals surface area (Å²) in [6.07, 6.45) is 3.68. The molecular weight excluding hydrogens is 224 g/mol. The molecule has 0 radical (unpaired) electrons. The van der Waals surface area contributed by atoms with Gasteiger partial charge in [-0.1, -0.05) is 6.92 Å². The van der Waals surface area contributed by atoms with Gasteiger partial charge in [-0.15, -0.1) is 11.3 Å². The van der Waals surface area contributed by atoms with E-state index in [0.717, 1.165) is 5.56 Å². The maximum atomic E-state index is 11.5. The van der Waals surface area contributed by atoms with Crippen molar-refractivity contribution in [1.82, 2.24) is 9.97 Å². The number of aromatic hydroxyl groups is 1. The van der Waals surface area contributed by atoms with E-state index in [1.165, 1.54) is 11.3 Å². The molecule has 0 aliphatic heterocycles. The van der Waals surface area contributed by atoms with Crippen LogP contribution in [0, 0.1) is 0 Å². The number of pyridine rings is 1. The van der Waals surface area contributed by atoms with Crippen LogP contribution < -0.4 is 0 Å². The minimum absolute atomic E-state index is 0.0925. The quantitative estimate of drug-likeness (QED) is 0.829. The van der Waals surface area contributed by atoms with Crippen LogP contribution in [0.3, 0.4) is 0 Å². The first kappa shape index (κ1) is 10.8. The Hall–Kier alpha value is -1.75. The number of hydrogen-bond donors (Lipinski definition) is 1. The monoisotopic (exact) mass is 234 g/mol. The largest absolute Gasteiger partial charge is 0.492 e. The maximum absolute atomic E-state index is 11.5. The third kappa shape index (κ3) is 1.94. The van der Waals surface area contributed by atoms with Crippen LogP contribution in [0.5, 0.6) is 5.88 Å². The highest BCUT2D eigenvalue weighted by Crippen LogP contribution is 2.31. The Balaban J connectivity index is 2.42. The van der Waals surface area contributed by atoms with Crippen LogP contribution in [0.25, 0.3) is 10.6 Å². The van der Waals surface area contributed by atoms with Gasteiger partial charge in [0.25, 0.3) is 0 Å². The summed E-state index contributed by atoms with van der Waals surface area (Å²) < 4.78 is 0. The minimum Gasteiger partial charge on any atom is -0.492 e. The highest BCUT2D eigenvalue weighted by Gasteiger charge is 2.16. The van der Waals surface area contributed by atoms with Gasteiger partial charge in [0, 0.05) is 24.4 Å². The van der Waals surface area contributed by atoms with Gasteiger partial charge >= 0.3 is 0 Å². The van der Waals surface area contributed by atoms with E-state index in [9.17, 15) is 9.90 Å². The molecule has 0 bridgehead atoms. The fourth-order valence-corrected chi connectivity index (χ4v) is 2.23. The van der Waals surface area contributed by atoms with Crippen LogP contribution in [0.15, 0.2) is 24.5 Å². The molecule has 0 saturated carbocycles. The standard InChI is InChI=1S/C11H10N2O2S/c1-2-8(14)9-10(15)13-11(16-9)7-4-3-5-12-6-7/h3-6,15H,2H2,1H3. The van der Waals surface area contributed by atoms with E-state index in [1.807, 2.05) is 6.07 Å². The minimum atomic E-state index is -0.185. The summed E-state index contributed by atoms with van der Waals surface area (Å²) in [5, 5.41) is 10.2. The molecule has 5 heteroatoms. The van der Waals surface area contributed by atoms with Crippen LogP contribution in [-0.4, -0.2) is 20.9 Å². The average Bonchev–Trinajstić information content (AvgIpc) is 2.71. The molecule has 0 amide bonds. The molecule has 82 valence electrons. The number of carbonyl (C=O) groups is 1. The lowest BCUT2D eigenvalue weighted by Crippen LogP contribution is -1.92. The van der Waals surface area contributed by atoms with Gasteiger partial charge in [-0.2, -0.15) is 0 Å². The predicted octanol–water partition coefficient (Wildman–Crippen LogP) is 2.50. The zero-order chi connectivity index (χ0) is 11.5. The van der Waals surface area contributed by atoms with Crippen molar-refractivity contribution in [2.75, 3.05) is 0 Å². The van der Waals surface area contributed by atoms with Crippen molar-refractivity contribution in [3.63, 3.8) is 0 Å². The van der Waals surface area contributed by atoms with Crippen molar-refractivity contribution in [1.29, 1.82) is 0 Å². The molecule has 0 unspecified atom stereocenters. The molecule has 0 saturated heterocycles. The van der Waals surface area contributed by atoms with Crippen molar-refractivity contribution in [3.05, 3.63) is 29.4 Å². The lowest BCUT2D eigenvalue weighted by Gasteiger charge is -1.91. The number of nitrogens with zero attached hydrogens (tertiary/aromatic N) is 2. The van der Waals surface area contributed by atoms with Crippen LogP contribution in [0.1, 0.15) is 23.0 Å². The Morgan fingerprint density at radius 3 is 3.00 bits per heavy atom. The Kier molecular flexibility index (Phi) is 2.96. The van der Waals surface area contributed by atoms with Crippen molar-refractivity contribution < 1.29 is 9.90 Å². The van der Waals surface area contributed by atoms with E-state index in [1.54, 1.807) is 25.4 Å². The topological polar surface area (TPSA) is 63.1 Å². The van der Waals surface area contributed by atoms with Crippen LogP contribution in [-0.2, 0) is 0 Å². The molecule has 0 fully saturated rings. The first-order valence-electron chi connectivity index (χ1n) is 4.85. The molecule has 2 aromatic heterocycles. The number of hydrogen-bond acceptors (Lipinski definition) is 5. The van der Waals surface area contributed by atoms with E-state index < -0.39 is 0 Å². The van der Waals surface area contributed by atoms with Gasteiger partial charge < -0.3 is 5.11 Å². The van der Waals surface area contributed by atoms with Gasteiger partial charge in [0.2, 0.25) is 5.88 Å². The van der Waals surface area contributed by atoms with Gasteiger partial charge in [0.15, 0.2) is 5.78 Å². The molecule has 16 heavy (non-hydrogen) atoms. The zero-order valence-electron chi connectivity index (χ0n) is 8.67. The van der Waals surface area contributed by atoms with E-state index in [2.05, 4.69) is 9.97 Å². The molecule has 0 atom stereocenters. The lowest BCUT2D eigenvalue weighted by molar-refractivity contribution is 0.0989. The fourth-order valence-electron chi connectivity index (χ4n) is 1.27. The molecule has 0 spiro atoms. The summed E-state index contributed by atoms with van der Waals surface area (Å²) in [7, 11) is 0. The molecular formula is C11H10N2O2S. The third-order valence-corrected chi connectivity index (χ3v) is 3.23. The van der Waals surface area contributed by atoms with Crippen LogP contribution in [0.4, 0.5) is 0 Å². The van der Waals surface area contributed by atoms with Crippen LogP contribution >= 0.6 is 11.3 Å². The Morgan fingerprint density at radius 1 is 1.56 bits per heavy atom. The summed E-state index contributed by atoms with van der Waals surface area (Å²) in [6, 6.07) is 3.63. The molecule has 0 aromatic carbocycles. The first-order chi connectivity index (χ1) is 7.72. The highest BCUT2D eigenvalue weighted by atomic mass is 32.1. The van der Waals surface area contributed by atoms with Gasteiger partial charge in [0.05, 0.1) is 0 Å². The number of thiazole rings is 1. The third-order valence-electron chi connectivity index (χ3n) is 2.09. The predicted molar refractivity (Wildman–Crippen MR) is 61.6 cm³/mol. The van der Waals surface area contributed by atoms with Gasteiger partial charge in [-0.25, -0.2) is 4.98 Å². The first-order valence-corrected chi connectivity index (χ1v) is 5.67. The molecule has 0 aliphatic carbocycles. The Labute approximate surface area is 96.6 Å². The van der Waals surface area contributed by atoms with Gasteiger partial charge in [0.1, 0.15) is 9.88 Å². The van der Waals surface area contributed by atoms with E-state index >= 15 is 0 Å². The highest BCUT2D eigenvalue weighted by molar-refractivity contribution is 7.17. The Bertz CT molecular complexity index is 508. The average molecular weight is 234 g/mol. The van der Waals surface area contributed by atoms with Crippen LogP contribution in [0.2, 0.25) is 0 Å². The number of rotatable bonds is 3. The second-order valence-corrected chi connectivity index (χ2v) is 4.19. The van der Waals surface area contributed by atoms with Crippen molar-refractivity contribution in [2.24, 2.45) is 0 Å². The smallest absolute Gasteiger partial charge is 0.233 e. The molecule has 0 aliphatic rings. The summed E-state index contributed by atoms with van der Waals surface area (Å²) >= 11 is 1.19. The van der Waals surface area contributed by atoms with E-state index in [4.69, 9.17) is 0 Å². The van der Waals surface area contributed by atoms with Gasteiger partial charge in [-0.05, 0) is 12.1 Å². The summed E-state index contributed by atoms with van der Waals surface area (Å²) in [5.74, 6) is -0.277. The van der Waals surface area contributed by atoms with Gasteiger partial charge in [-0.3, -0.25) is 9.78 Å². The summed E-state index contributed by atoms with van der Waals surface area (Å²) in [6.45, 7) is 1.76. The number of carbonyl (C=O) groups excluding carboxylic acids is 1. The second-order valence-electron chi connectivity index (χ2n) is 3.19. The van der Waals surface area contributed by atoms with E-state index in [0.29, 0.717) is 16.3 Å². The SMILES string of the molecule is CCC(=O)c1sc(-c2cccnc2)nc1O. The molecule has 2 aromatic rings. The zero-order valence-corrected chi connectivity index (χ0v) is 9.49. The Morgan fingerprint density at radius 2 is 2.38 bits per heavy atom. The van der Waals surface area contributed by atoms with Crippen molar-refractivity contribution >= 4 is 17.1 Å². The summed E-state index contributed by atoms with van der Waals surface area (Å²) in [4.78, 5) is 19.7. The fraction of sp³-hybridized carbons (Fsp3) is 0.182. The molecule has 2 rings (SSSR count). The van der Waals surface area contributed by atoms with E-state index in [-0.39, 0.29) is 11.7 Å². The normalized spacial score (nSPS) is 10.3. The molecule has 2 heterocycles. The molecule has 1 N–H and O–H groups in total. The maximum Gasteiger partial charge on any atom is 0.233 e. The number of Topliss-reactive ketones (excluding diaryl/α,β-unsaturated/α-hetero) is 1. The second kappa shape index (κ2) is 4.40. The lowest BCUT2D eigenvalue weighted by atomic mass is 10.3. The van der Waals surface area contributed by atoms with Crippen molar-refractivity contribution in [2.45, 2.75) is 13.3 Å². The van der Waals surface area contributed by atoms with Crippen molar-refractivity contribution in [3.8, 4) is 16.5 Å². The summed E-state index contributed by atoms with van der Waals surface area (Å²) in [5.41, 5.74) is 0.804. The molecule has 4 nitrogen and oxygen atoms in total.